The third-order valence-electron chi connectivity index (χ3n) is 3.55. The van der Waals surface area contributed by atoms with Crippen LogP contribution in [0.25, 0.3) is 0 Å². The average molecular weight is 284 g/mol. The summed E-state index contributed by atoms with van der Waals surface area (Å²) in [5.41, 5.74) is 9.05. The van der Waals surface area contributed by atoms with Gasteiger partial charge in [-0.1, -0.05) is 12.1 Å². The zero-order chi connectivity index (χ0) is 13.1. The van der Waals surface area contributed by atoms with Crippen molar-refractivity contribution in [1.82, 2.24) is 4.90 Å². The molecule has 0 aromatic heterocycles. The molecular formula is C14H22ClN3O. The number of amides is 1. The standard InChI is InChI=1S/C14H21N3O.ClH/c1-10-4-3-5-13(11(10)2)16-14(18)9-17-7-6-12(15)8-17;/h3-5,12H,6-9,15H2,1-2H3,(H,16,18);1H/t12-;/m0./s1. The van der Waals surface area contributed by atoms with Crippen molar-refractivity contribution in [3.63, 3.8) is 0 Å². The number of likely N-dealkylation sites (tertiary alicyclic amines) is 1. The summed E-state index contributed by atoms with van der Waals surface area (Å²) in [5, 5.41) is 2.97. The van der Waals surface area contributed by atoms with E-state index in [1.807, 2.05) is 32.0 Å². The number of halogens is 1. The Morgan fingerprint density at radius 1 is 1.47 bits per heavy atom. The number of nitrogens with two attached hydrogens (primary N) is 1. The quantitative estimate of drug-likeness (QED) is 0.888. The van der Waals surface area contributed by atoms with Crippen molar-refractivity contribution in [2.75, 3.05) is 25.0 Å². The van der Waals surface area contributed by atoms with Crippen LogP contribution in [0.15, 0.2) is 18.2 Å². The van der Waals surface area contributed by atoms with Crippen LogP contribution in [0.1, 0.15) is 17.5 Å². The molecule has 0 saturated carbocycles. The fourth-order valence-corrected chi connectivity index (χ4v) is 2.29. The van der Waals surface area contributed by atoms with E-state index in [9.17, 15) is 4.79 Å². The van der Waals surface area contributed by atoms with Gasteiger partial charge in [0.2, 0.25) is 5.91 Å². The Kier molecular flexibility index (Phi) is 5.79. The Bertz CT molecular complexity index is 450. The molecule has 0 aliphatic carbocycles. The van der Waals surface area contributed by atoms with Crippen molar-refractivity contribution in [1.29, 1.82) is 0 Å². The predicted octanol–water partition coefficient (Wildman–Crippen LogP) is 1.70. The Balaban J connectivity index is 0.00000180. The van der Waals surface area contributed by atoms with Gasteiger partial charge in [-0.25, -0.2) is 0 Å². The van der Waals surface area contributed by atoms with Crippen LogP contribution in [-0.4, -0.2) is 36.5 Å². The predicted molar refractivity (Wildman–Crippen MR) is 80.8 cm³/mol. The molecule has 1 aliphatic rings. The van der Waals surface area contributed by atoms with Gasteiger partial charge in [0, 0.05) is 24.8 Å². The Hall–Kier alpha value is -1.10. The summed E-state index contributed by atoms with van der Waals surface area (Å²) >= 11 is 0. The molecule has 0 unspecified atom stereocenters. The van der Waals surface area contributed by atoms with E-state index in [1.165, 1.54) is 5.56 Å². The zero-order valence-electron chi connectivity index (χ0n) is 11.5. The number of hydrogen-bond acceptors (Lipinski definition) is 3. The minimum absolute atomic E-state index is 0. The van der Waals surface area contributed by atoms with E-state index >= 15 is 0 Å². The molecule has 0 radical (unpaired) electrons. The van der Waals surface area contributed by atoms with Crippen LogP contribution in [0.3, 0.4) is 0 Å². The number of carbonyl (C=O) groups is 1. The number of hydrogen-bond donors (Lipinski definition) is 2. The van der Waals surface area contributed by atoms with Gasteiger partial charge in [0.25, 0.3) is 0 Å². The van der Waals surface area contributed by atoms with Crippen molar-refractivity contribution in [2.45, 2.75) is 26.3 Å². The third kappa shape index (κ3) is 4.20. The number of nitrogens with zero attached hydrogens (tertiary/aromatic N) is 1. The molecule has 1 aromatic carbocycles. The van der Waals surface area contributed by atoms with E-state index in [4.69, 9.17) is 5.73 Å². The second-order valence-electron chi connectivity index (χ2n) is 5.08. The van der Waals surface area contributed by atoms with Gasteiger partial charge in [-0.2, -0.15) is 0 Å². The molecule has 1 heterocycles. The molecule has 5 heteroatoms. The number of aryl methyl sites for hydroxylation is 1. The Morgan fingerprint density at radius 3 is 2.84 bits per heavy atom. The number of benzene rings is 1. The molecule has 19 heavy (non-hydrogen) atoms. The second kappa shape index (κ2) is 6.89. The lowest BCUT2D eigenvalue weighted by Gasteiger charge is -2.16. The molecule has 1 saturated heterocycles. The van der Waals surface area contributed by atoms with E-state index in [2.05, 4.69) is 10.2 Å². The molecule has 1 aromatic rings. The fraction of sp³-hybridized carbons (Fsp3) is 0.500. The van der Waals surface area contributed by atoms with Gasteiger partial charge in [0.15, 0.2) is 0 Å². The lowest BCUT2D eigenvalue weighted by atomic mass is 10.1. The van der Waals surface area contributed by atoms with Crippen molar-refractivity contribution >= 4 is 24.0 Å². The molecule has 106 valence electrons. The first-order chi connectivity index (χ1) is 8.56. The zero-order valence-corrected chi connectivity index (χ0v) is 12.3. The van der Waals surface area contributed by atoms with E-state index in [0.717, 1.165) is 30.8 Å². The van der Waals surface area contributed by atoms with Crippen LogP contribution in [0, 0.1) is 13.8 Å². The molecule has 1 amide bonds. The average Bonchev–Trinajstić information content (AvgIpc) is 2.70. The molecule has 0 bridgehead atoms. The van der Waals surface area contributed by atoms with E-state index < -0.39 is 0 Å². The van der Waals surface area contributed by atoms with Gasteiger partial charge in [-0.05, 0) is 37.5 Å². The van der Waals surface area contributed by atoms with Crippen molar-refractivity contribution in [2.24, 2.45) is 5.73 Å². The van der Waals surface area contributed by atoms with E-state index in [-0.39, 0.29) is 24.4 Å². The first-order valence-electron chi connectivity index (χ1n) is 6.40. The first-order valence-corrected chi connectivity index (χ1v) is 6.40. The lowest BCUT2D eigenvalue weighted by molar-refractivity contribution is -0.117. The van der Waals surface area contributed by atoms with Crippen molar-refractivity contribution in [3.8, 4) is 0 Å². The summed E-state index contributed by atoms with van der Waals surface area (Å²) in [6.07, 6.45) is 0.983. The van der Waals surface area contributed by atoms with Gasteiger partial charge in [-0.3, -0.25) is 9.69 Å². The van der Waals surface area contributed by atoms with Gasteiger partial charge >= 0.3 is 0 Å². The van der Waals surface area contributed by atoms with Gasteiger partial charge in [-0.15, -0.1) is 12.4 Å². The summed E-state index contributed by atoms with van der Waals surface area (Å²) in [6, 6.07) is 6.17. The van der Waals surface area contributed by atoms with E-state index in [1.54, 1.807) is 0 Å². The molecular weight excluding hydrogens is 262 g/mol. The fourth-order valence-electron chi connectivity index (χ4n) is 2.29. The summed E-state index contributed by atoms with van der Waals surface area (Å²) in [7, 11) is 0. The maximum absolute atomic E-state index is 11.9. The van der Waals surface area contributed by atoms with Gasteiger partial charge in [0.1, 0.15) is 0 Å². The molecule has 4 nitrogen and oxygen atoms in total. The first kappa shape index (κ1) is 16.0. The number of nitrogens with one attached hydrogen (secondary N) is 1. The van der Waals surface area contributed by atoms with Crippen LogP contribution in [0.2, 0.25) is 0 Å². The monoisotopic (exact) mass is 283 g/mol. The SMILES string of the molecule is Cc1cccc(NC(=O)CN2CC[C@H](N)C2)c1C.Cl. The highest BCUT2D eigenvalue weighted by Gasteiger charge is 2.21. The topological polar surface area (TPSA) is 58.4 Å². The summed E-state index contributed by atoms with van der Waals surface area (Å²) in [4.78, 5) is 14.0. The minimum Gasteiger partial charge on any atom is -0.326 e. The summed E-state index contributed by atoms with van der Waals surface area (Å²) < 4.78 is 0. The summed E-state index contributed by atoms with van der Waals surface area (Å²) in [5.74, 6) is 0.0396. The van der Waals surface area contributed by atoms with Gasteiger partial charge < -0.3 is 11.1 Å². The van der Waals surface area contributed by atoms with Crippen LogP contribution >= 0.6 is 12.4 Å². The minimum atomic E-state index is 0. The second-order valence-corrected chi connectivity index (χ2v) is 5.08. The molecule has 3 N–H and O–H groups in total. The maximum atomic E-state index is 11.9. The van der Waals surface area contributed by atoms with Gasteiger partial charge in [0.05, 0.1) is 6.54 Å². The number of rotatable bonds is 3. The molecule has 0 spiro atoms. The highest BCUT2D eigenvalue weighted by Crippen LogP contribution is 2.18. The molecule has 1 aliphatic heterocycles. The summed E-state index contributed by atoms with van der Waals surface area (Å²) in [6.45, 7) is 6.24. The Morgan fingerprint density at radius 2 is 2.21 bits per heavy atom. The largest absolute Gasteiger partial charge is 0.326 e. The maximum Gasteiger partial charge on any atom is 0.238 e. The number of anilines is 1. The van der Waals surface area contributed by atoms with Crippen LogP contribution < -0.4 is 11.1 Å². The van der Waals surface area contributed by atoms with E-state index in [0.29, 0.717) is 6.54 Å². The van der Waals surface area contributed by atoms with Crippen molar-refractivity contribution < 1.29 is 4.79 Å². The smallest absolute Gasteiger partial charge is 0.238 e. The molecule has 1 fully saturated rings. The lowest BCUT2D eigenvalue weighted by Crippen LogP contribution is -2.33. The molecule has 1 atom stereocenters. The number of carbonyl (C=O) groups excluding carboxylic acids is 1. The van der Waals surface area contributed by atoms with Crippen LogP contribution in [0.4, 0.5) is 5.69 Å². The third-order valence-corrected chi connectivity index (χ3v) is 3.55. The normalized spacial score (nSPS) is 19.0. The van der Waals surface area contributed by atoms with Crippen molar-refractivity contribution in [3.05, 3.63) is 29.3 Å². The van der Waals surface area contributed by atoms with Crippen LogP contribution in [-0.2, 0) is 4.79 Å². The molecule has 2 rings (SSSR count). The Labute approximate surface area is 120 Å². The highest BCUT2D eigenvalue weighted by atomic mass is 35.5. The highest BCUT2D eigenvalue weighted by molar-refractivity contribution is 5.93. The van der Waals surface area contributed by atoms with Crippen LogP contribution in [0.5, 0.6) is 0 Å².